The Hall–Kier alpha value is -2.82. The van der Waals surface area contributed by atoms with Crippen LogP contribution in [-0.2, 0) is 29.1 Å². The summed E-state index contributed by atoms with van der Waals surface area (Å²) in [6.07, 6.45) is 1.68. The van der Waals surface area contributed by atoms with Gasteiger partial charge in [0, 0.05) is 19.5 Å². The Balaban J connectivity index is 1.83. The highest BCUT2D eigenvalue weighted by Gasteiger charge is 2.30. The molecule has 0 bridgehead atoms. The third kappa shape index (κ3) is 3.82. The lowest BCUT2D eigenvalue weighted by Crippen LogP contribution is -2.36. The van der Waals surface area contributed by atoms with Gasteiger partial charge >= 0.3 is 0 Å². The van der Waals surface area contributed by atoms with E-state index in [2.05, 4.69) is 4.99 Å². The van der Waals surface area contributed by atoms with E-state index < -0.39 is 6.04 Å². The summed E-state index contributed by atoms with van der Waals surface area (Å²) >= 11 is 6.40. The lowest BCUT2D eigenvalue weighted by atomic mass is 10.0. The van der Waals surface area contributed by atoms with E-state index in [1.807, 2.05) is 24.3 Å². The first-order chi connectivity index (χ1) is 13.1. The summed E-state index contributed by atoms with van der Waals surface area (Å²) < 4.78 is 10.5. The van der Waals surface area contributed by atoms with Crippen molar-refractivity contribution in [2.75, 3.05) is 14.2 Å². The molecule has 1 atom stereocenters. The Bertz CT molecular complexity index is 884. The Morgan fingerprint density at radius 3 is 2.41 bits per heavy atom. The van der Waals surface area contributed by atoms with Crippen molar-refractivity contribution in [1.29, 1.82) is 0 Å². The second-order valence-corrected chi connectivity index (χ2v) is 6.56. The number of aliphatic imine (C=N–C) groups is 1. The topological polar surface area (TPSA) is 68.2 Å². The Kier molecular flexibility index (Phi) is 5.79. The van der Waals surface area contributed by atoms with Gasteiger partial charge in [-0.1, -0.05) is 41.9 Å². The van der Waals surface area contributed by atoms with Crippen molar-refractivity contribution in [2.45, 2.75) is 25.6 Å². The summed E-state index contributed by atoms with van der Waals surface area (Å²) in [7, 11) is 3.00. The summed E-state index contributed by atoms with van der Waals surface area (Å²) in [5.41, 5.74) is 2.84. The van der Waals surface area contributed by atoms with Crippen molar-refractivity contribution < 1.29 is 19.1 Å². The number of isocyanates is 1. The Morgan fingerprint density at radius 1 is 1.19 bits per heavy atom. The number of benzene rings is 2. The van der Waals surface area contributed by atoms with Crippen LogP contribution in [0.15, 0.2) is 41.4 Å². The molecule has 0 saturated carbocycles. The SMILES string of the molecule is COc1ccc(CC(N=C=O)C(=O)N2Cc3ccccc3C2)c(Cl)c1OC. The number of fused-ring (bicyclic) bond motifs is 1. The molecule has 0 saturated heterocycles. The van der Waals surface area contributed by atoms with Gasteiger partial charge in [0.05, 0.1) is 19.2 Å². The van der Waals surface area contributed by atoms with Gasteiger partial charge in [0.25, 0.3) is 0 Å². The quantitative estimate of drug-likeness (QED) is 0.565. The standard InChI is InChI=1S/C20H19ClN2O4/c1-26-17-8-7-13(18(21)19(17)27-2)9-16(22-12-24)20(25)23-10-14-5-3-4-6-15(14)11-23/h3-8,16H,9-11H2,1-2H3. The molecule has 0 N–H and O–H groups in total. The van der Waals surface area contributed by atoms with Gasteiger partial charge in [-0.3, -0.25) is 4.79 Å². The molecule has 0 aromatic heterocycles. The maximum atomic E-state index is 13.0. The number of methoxy groups -OCH3 is 2. The van der Waals surface area contributed by atoms with Crippen molar-refractivity contribution in [3.05, 3.63) is 58.1 Å². The van der Waals surface area contributed by atoms with E-state index in [9.17, 15) is 9.59 Å². The molecule has 140 valence electrons. The van der Waals surface area contributed by atoms with Crippen LogP contribution >= 0.6 is 11.6 Å². The van der Waals surface area contributed by atoms with Gasteiger partial charge in [0.1, 0.15) is 6.04 Å². The second kappa shape index (κ2) is 8.25. The van der Waals surface area contributed by atoms with E-state index in [1.54, 1.807) is 17.0 Å². The molecule has 2 aromatic carbocycles. The van der Waals surface area contributed by atoms with Gasteiger partial charge in [-0.05, 0) is 22.8 Å². The number of ether oxygens (including phenoxy) is 2. The lowest BCUT2D eigenvalue weighted by molar-refractivity contribution is -0.133. The van der Waals surface area contributed by atoms with Crippen molar-refractivity contribution in [1.82, 2.24) is 4.90 Å². The van der Waals surface area contributed by atoms with E-state index in [-0.39, 0.29) is 12.3 Å². The Morgan fingerprint density at radius 2 is 1.85 bits per heavy atom. The average molecular weight is 387 g/mol. The molecule has 0 fully saturated rings. The average Bonchev–Trinajstić information content (AvgIpc) is 3.12. The highest BCUT2D eigenvalue weighted by Crippen LogP contribution is 2.38. The number of hydrogen-bond donors (Lipinski definition) is 0. The first-order valence-electron chi connectivity index (χ1n) is 8.41. The maximum Gasteiger partial charge on any atom is 0.249 e. The molecule has 1 aliphatic rings. The van der Waals surface area contributed by atoms with Gasteiger partial charge in [-0.2, -0.15) is 4.99 Å². The van der Waals surface area contributed by atoms with E-state index >= 15 is 0 Å². The van der Waals surface area contributed by atoms with Crippen LogP contribution in [0.5, 0.6) is 11.5 Å². The van der Waals surface area contributed by atoms with Gasteiger partial charge in [0.2, 0.25) is 12.0 Å². The molecule has 1 aliphatic heterocycles. The Labute approximate surface area is 162 Å². The fraction of sp³-hybridized carbons (Fsp3) is 0.300. The van der Waals surface area contributed by atoms with E-state index in [0.29, 0.717) is 35.2 Å². The third-order valence-electron chi connectivity index (χ3n) is 4.62. The van der Waals surface area contributed by atoms with Crippen molar-refractivity contribution in [2.24, 2.45) is 4.99 Å². The molecule has 0 radical (unpaired) electrons. The molecule has 0 aliphatic carbocycles. The summed E-state index contributed by atoms with van der Waals surface area (Å²) in [5.74, 6) is 0.634. The normalized spacial score (nSPS) is 13.5. The zero-order valence-electron chi connectivity index (χ0n) is 15.1. The molecule has 6 nitrogen and oxygen atoms in total. The monoisotopic (exact) mass is 386 g/mol. The lowest BCUT2D eigenvalue weighted by Gasteiger charge is -2.20. The third-order valence-corrected chi connectivity index (χ3v) is 5.04. The number of carbonyl (C=O) groups excluding carboxylic acids is 2. The van der Waals surface area contributed by atoms with Crippen LogP contribution in [0.3, 0.4) is 0 Å². The van der Waals surface area contributed by atoms with Crippen LogP contribution in [0.4, 0.5) is 0 Å². The number of amides is 1. The molecule has 0 spiro atoms. The number of halogens is 1. The summed E-state index contributed by atoms with van der Waals surface area (Å²) in [4.78, 5) is 29.3. The molecular weight excluding hydrogens is 368 g/mol. The van der Waals surface area contributed by atoms with Crippen molar-refractivity contribution in [3.8, 4) is 11.5 Å². The van der Waals surface area contributed by atoms with Crippen molar-refractivity contribution in [3.63, 3.8) is 0 Å². The van der Waals surface area contributed by atoms with Crippen molar-refractivity contribution >= 4 is 23.6 Å². The number of rotatable bonds is 6. The first kappa shape index (κ1) is 19.0. The summed E-state index contributed by atoms with van der Waals surface area (Å²) in [5, 5.41) is 0.334. The minimum absolute atomic E-state index is 0.167. The second-order valence-electron chi connectivity index (χ2n) is 6.18. The molecule has 7 heteroatoms. The largest absolute Gasteiger partial charge is 0.493 e. The molecular formula is C20H19ClN2O4. The van der Waals surface area contributed by atoms with Crippen LogP contribution in [-0.4, -0.2) is 37.1 Å². The molecule has 1 heterocycles. The maximum absolute atomic E-state index is 13.0. The van der Waals surface area contributed by atoms with E-state index in [4.69, 9.17) is 21.1 Å². The zero-order chi connectivity index (χ0) is 19.4. The first-order valence-corrected chi connectivity index (χ1v) is 8.78. The van der Waals surface area contributed by atoms with Crippen LogP contribution < -0.4 is 9.47 Å². The summed E-state index contributed by atoms with van der Waals surface area (Å²) in [6.45, 7) is 0.999. The highest BCUT2D eigenvalue weighted by molar-refractivity contribution is 6.33. The van der Waals surface area contributed by atoms with Crippen LogP contribution in [0.2, 0.25) is 5.02 Å². The molecule has 2 aromatic rings. The van der Waals surface area contributed by atoms with Crippen LogP contribution in [0.1, 0.15) is 16.7 Å². The minimum Gasteiger partial charge on any atom is -0.493 e. The van der Waals surface area contributed by atoms with Gasteiger partial charge in [0.15, 0.2) is 11.5 Å². The van der Waals surface area contributed by atoms with E-state index in [0.717, 1.165) is 11.1 Å². The summed E-state index contributed by atoms with van der Waals surface area (Å²) in [6, 6.07) is 10.4. The molecule has 27 heavy (non-hydrogen) atoms. The smallest absolute Gasteiger partial charge is 0.249 e. The van der Waals surface area contributed by atoms with Crippen LogP contribution in [0, 0.1) is 0 Å². The number of nitrogens with zero attached hydrogens (tertiary/aromatic N) is 2. The van der Waals surface area contributed by atoms with Gasteiger partial charge < -0.3 is 14.4 Å². The minimum atomic E-state index is -0.896. The molecule has 1 unspecified atom stereocenters. The van der Waals surface area contributed by atoms with E-state index in [1.165, 1.54) is 20.3 Å². The highest BCUT2D eigenvalue weighted by atomic mass is 35.5. The van der Waals surface area contributed by atoms with Gasteiger partial charge in [-0.25, -0.2) is 4.79 Å². The number of hydrogen-bond acceptors (Lipinski definition) is 5. The fourth-order valence-corrected chi connectivity index (χ4v) is 3.56. The predicted molar refractivity (Wildman–Crippen MR) is 101 cm³/mol. The van der Waals surface area contributed by atoms with Gasteiger partial charge in [-0.15, -0.1) is 0 Å². The number of carbonyl (C=O) groups is 1. The predicted octanol–water partition coefficient (Wildman–Crippen LogP) is 3.15. The molecule has 1 amide bonds. The van der Waals surface area contributed by atoms with Crippen LogP contribution in [0.25, 0.3) is 0 Å². The molecule has 3 rings (SSSR count). The zero-order valence-corrected chi connectivity index (χ0v) is 15.8. The fourth-order valence-electron chi connectivity index (χ4n) is 3.25.